The number of aromatic nitrogens is 2. The van der Waals surface area contributed by atoms with Crippen molar-refractivity contribution in [2.75, 3.05) is 32.1 Å². The molecule has 0 amide bonds. The van der Waals surface area contributed by atoms with Crippen LogP contribution in [0.25, 0.3) is 0 Å². The van der Waals surface area contributed by atoms with Gasteiger partial charge in [-0.25, -0.2) is 9.97 Å². The van der Waals surface area contributed by atoms with Gasteiger partial charge in [0.1, 0.15) is 11.6 Å². The Kier molecular flexibility index (Phi) is 6.73. The number of nitrogens with zero attached hydrogens (tertiary/aromatic N) is 3. The lowest BCUT2D eigenvalue weighted by Crippen LogP contribution is -2.34. The molecule has 0 saturated carbocycles. The van der Waals surface area contributed by atoms with Gasteiger partial charge >= 0.3 is 0 Å². The monoisotopic (exact) mass is 266 g/mol. The molecule has 0 aromatic carbocycles. The molecule has 0 bridgehead atoms. The molecule has 0 atom stereocenters. The maximum Gasteiger partial charge on any atom is 0.144 e. The number of hydrogen-bond acceptors (Lipinski definition) is 5. The average Bonchev–Trinajstić information content (AvgIpc) is 2.33. The molecule has 5 heteroatoms. The van der Waals surface area contributed by atoms with Crippen LogP contribution < -0.4 is 5.32 Å². The molecule has 0 aliphatic rings. The number of aryl methyl sites for hydroxylation is 1. The SMILES string of the molecule is CCNc1cc(C)nc(CN(CCOC)C(C)C)n1. The minimum Gasteiger partial charge on any atom is -0.383 e. The molecule has 0 fully saturated rings. The summed E-state index contributed by atoms with van der Waals surface area (Å²) in [6.45, 7) is 11.7. The molecule has 1 aromatic heterocycles. The van der Waals surface area contributed by atoms with Crippen molar-refractivity contribution < 1.29 is 4.74 Å². The maximum absolute atomic E-state index is 5.15. The van der Waals surface area contributed by atoms with Crippen molar-refractivity contribution in [2.24, 2.45) is 0 Å². The number of hydrogen-bond donors (Lipinski definition) is 1. The molecule has 1 aromatic rings. The zero-order chi connectivity index (χ0) is 14.3. The van der Waals surface area contributed by atoms with Gasteiger partial charge in [0.05, 0.1) is 13.2 Å². The van der Waals surface area contributed by atoms with E-state index in [1.54, 1.807) is 7.11 Å². The van der Waals surface area contributed by atoms with E-state index >= 15 is 0 Å². The Balaban J connectivity index is 2.77. The molecule has 0 aliphatic carbocycles. The summed E-state index contributed by atoms with van der Waals surface area (Å²) in [6.07, 6.45) is 0. The normalized spacial score (nSPS) is 11.3. The Labute approximate surface area is 116 Å². The topological polar surface area (TPSA) is 50.3 Å². The van der Waals surface area contributed by atoms with Crippen LogP contribution in [-0.4, -0.2) is 47.7 Å². The molecule has 0 unspecified atom stereocenters. The van der Waals surface area contributed by atoms with Crippen molar-refractivity contribution in [1.29, 1.82) is 0 Å². The maximum atomic E-state index is 5.15. The summed E-state index contributed by atoms with van der Waals surface area (Å²) < 4.78 is 5.15. The van der Waals surface area contributed by atoms with E-state index in [1.165, 1.54) is 0 Å². The highest BCUT2D eigenvalue weighted by molar-refractivity contribution is 5.35. The Morgan fingerprint density at radius 3 is 2.68 bits per heavy atom. The van der Waals surface area contributed by atoms with Gasteiger partial charge in [0.2, 0.25) is 0 Å². The minimum absolute atomic E-state index is 0.446. The Morgan fingerprint density at radius 2 is 2.11 bits per heavy atom. The van der Waals surface area contributed by atoms with E-state index in [2.05, 4.69) is 41.0 Å². The molecule has 5 nitrogen and oxygen atoms in total. The first-order chi connectivity index (χ1) is 9.06. The van der Waals surface area contributed by atoms with E-state index in [-0.39, 0.29) is 0 Å². The lowest BCUT2D eigenvalue weighted by atomic mass is 10.3. The second-order valence-corrected chi connectivity index (χ2v) is 4.90. The van der Waals surface area contributed by atoms with Crippen molar-refractivity contribution in [2.45, 2.75) is 40.3 Å². The third-order valence-corrected chi connectivity index (χ3v) is 2.92. The molecule has 1 heterocycles. The van der Waals surface area contributed by atoms with Crippen LogP contribution in [0, 0.1) is 6.92 Å². The van der Waals surface area contributed by atoms with Gasteiger partial charge in [-0.2, -0.15) is 0 Å². The van der Waals surface area contributed by atoms with Crippen molar-refractivity contribution in [1.82, 2.24) is 14.9 Å². The quantitative estimate of drug-likeness (QED) is 0.780. The van der Waals surface area contributed by atoms with Crippen LogP contribution in [0.2, 0.25) is 0 Å². The highest BCUT2D eigenvalue weighted by Crippen LogP contribution is 2.09. The number of rotatable bonds is 8. The molecular formula is C14H26N4O. The number of methoxy groups -OCH3 is 1. The molecule has 0 radical (unpaired) electrons. The number of ether oxygens (including phenoxy) is 1. The van der Waals surface area contributed by atoms with Crippen LogP contribution >= 0.6 is 0 Å². The molecule has 1 rings (SSSR count). The van der Waals surface area contributed by atoms with Gasteiger partial charge in [0.25, 0.3) is 0 Å². The zero-order valence-corrected chi connectivity index (χ0v) is 12.7. The van der Waals surface area contributed by atoms with Crippen LogP contribution in [0.5, 0.6) is 0 Å². The van der Waals surface area contributed by atoms with Crippen molar-refractivity contribution in [3.05, 3.63) is 17.6 Å². The Bertz CT molecular complexity index is 382. The van der Waals surface area contributed by atoms with Gasteiger partial charge in [-0.3, -0.25) is 4.90 Å². The predicted molar refractivity (Wildman–Crippen MR) is 78.4 cm³/mol. The molecule has 0 saturated heterocycles. The van der Waals surface area contributed by atoms with Gasteiger partial charge in [0, 0.05) is 38.0 Å². The van der Waals surface area contributed by atoms with Gasteiger partial charge in [-0.05, 0) is 27.7 Å². The van der Waals surface area contributed by atoms with Gasteiger partial charge in [-0.1, -0.05) is 0 Å². The smallest absolute Gasteiger partial charge is 0.144 e. The van der Waals surface area contributed by atoms with E-state index < -0.39 is 0 Å². The summed E-state index contributed by atoms with van der Waals surface area (Å²) >= 11 is 0. The largest absolute Gasteiger partial charge is 0.383 e. The van der Waals surface area contributed by atoms with E-state index in [4.69, 9.17) is 4.74 Å². The summed E-state index contributed by atoms with van der Waals surface area (Å²) in [5.74, 6) is 1.77. The van der Waals surface area contributed by atoms with E-state index in [9.17, 15) is 0 Å². The first-order valence-corrected chi connectivity index (χ1v) is 6.88. The Hall–Kier alpha value is -1.20. The van der Waals surface area contributed by atoms with E-state index in [1.807, 2.05) is 13.0 Å². The standard InChI is InChI=1S/C14H26N4O/c1-6-15-13-9-12(4)16-14(17-13)10-18(11(2)3)7-8-19-5/h9,11H,6-8,10H2,1-5H3,(H,15,16,17). The second-order valence-electron chi connectivity index (χ2n) is 4.90. The summed E-state index contributed by atoms with van der Waals surface area (Å²) in [5, 5.41) is 3.24. The highest BCUT2D eigenvalue weighted by Gasteiger charge is 2.12. The molecule has 0 spiro atoms. The van der Waals surface area contributed by atoms with Crippen LogP contribution in [0.15, 0.2) is 6.07 Å². The first kappa shape index (κ1) is 15.9. The molecular weight excluding hydrogens is 240 g/mol. The fraction of sp³-hybridized carbons (Fsp3) is 0.714. The fourth-order valence-corrected chi connectivity index (χ4v) is 1.88. The molecule has 19 heavy (non-hydrogen) atoms. The molecule has 108 valence electrons. The molecule has 1 N–H and O–H groups in total. The zero-order valence-electron chi connectivity index (χ0n) is 12.7. The van der Waals surface area contributed by atoms with E-state index in [0.29, 0.717) is 6.04 Å². The van der Waals surface area contributed by atoms with Crippen molar-refractivity contribution in [3.8, 4) is 0 Å². The van der Waals surface area contributed by atoms with Crippen LogP contribution in [0.3, 0.4) is 0 Å². The second kappa shape index (κ2) is 8.07. The summed E-state index contributed by atoms with van der Waals surface area (Å²) in [5.41, 5.74) is 0.997. The fourth-order valence-electron chi connectivity index (χ4n) is 1.88. The van der Waals surface area contributed by atoms with Crippen molar-refractivity contribution >= 4 is 5.82 Å². The average molecular weight is 266 g/mol. The highest BCUT2D eigenvalue weighted by atomic mass is 16.5. The predicted octanol–water partition coefficient (Wildman–Crippen LogP) is 2.07. The summed E-state index contributed by atoms with van der Waals surface area (Å²) in [7, 11) is 1.73. The summed E-state index contributed by atoms with van der Waals surface area (Å²) in [4.78, 5) is 11.4. The lowest BCUT2D eigenvalue weighted by Gasteiger charge is -2.25. The molecule has 0 aliphatic heterocycles. The van der Waals surface area contributed by atoms with Gasteiger partial charge in [-0.15, -0.1) is 0 Å². The summed E-state index contributed by atoms with van der Waals surface area (Å²) in [6, 6.07) is 2.42. The third kappa shape index (κ3) is 5.53. The van der Waals surface area contributed by atoms with Crippen molar-refractivity contribution in [3.63, 3.8) is 0 Å². The van der Waals surface area contributed by atoms with Crippen LogP contribution in [0.4, 0.5) is 5.82 Å². The first-order valence-electron chi connectivity index (χ1n) is 6.88. The lowest BCUT2D eigenvalue weighted by molar-refractivity contribution is 0.123. The number of anilines is 1. The minimum atomic E-state index is 0.446. The van der Waals surface area contributed by atoms with E-state index in [0.717, 1.165) is 43.6 Å². The van der Waals surface area contributed by atoms with Gasteiger partial charge < -0.3 is 10.1 Å². The Morgan fingerprint density at radius 1 is 1.37 bits per heavy atom. The van der Waals surface area contributed by atoms with Gasteiger partial charge in [0.15, 0.2) is 0 Å². The number of nitrogens with one attached hydrogen (secondary N) is 1. The van der Waals surface area contributed by atoms with Crippen LogP contribution in [-0.2, 0) is 11.3 Å². The third-order valence-electron chi connectivity index (χ3n) is 2.92. The van der Waals surface area contributed by atoms with Crippen LogP contribution in [0.1, 0.15) is 32.3 Å².